The third kappa shape index (κ3) is 6.02. The van der Waals surface area contributed by atoms with Gasteiger partial charge in [-0.25, -0.2) is 4.79 Å². The van der Waals surface area contributed by atoms with E-state index in [2.05, 4.69) is 0 Å². The Balaban J connectivity index is 1.82. The summed E-state index contributed by atoms with van der Waals surface area (Å²) in [6.45, 7) is 2.73. The Morgan fingerprint density at radius 1 is 0.906 bits per heavy atom. The lowest BCUT2D eigenvalue weighted by Gasteiger charge is -2.24. The number of para-hydroxylation sites is 2. The predicted octanol–water partition coefficient (Wildman–Crippen LogP) is 5.04. The number of carbonyl (C=O) groups excluding carboxylic acids is 1. The standard InChI is InChI=1S/C25H24ClNO5/c1-2-31-22-14-7-6-11-19(22)16-27(15-18-9-4-3-5-10-18)23(28)17-32-24-20(25(29)30)12-8-13-21(24)26/h3-14H,2,15-17H2,1H3,(H,29,30). The molecule has 0 bridgehead atoms. The molecule has 0 aliphatic carbocycles. The first kappa shape index (κ1) is 23.2. The van der Waals surface area contributed by atoms with Crippen LogP contribution in [-0.2, 0) is 17.9 Å². The summed E-state index contributed by atoms with van der Waals surface area (Å²) < 4.78 is 11.3. The van der Waals surface area contributed by atoms with Crippen LogP contribution in [0.25, 0.3) is 0 Å². The second-order valence-corrected chi connectivity index (χ2v) is 7.39. The van der Waals surface area contributed by atoms with Crippen molar-refractivity contribution in [3.05, 3.63) is 94.5 Å². The Hall–Kier alpha value is -3.51. The van der Waals surface area contributed by atoms with Crippen LogP contribution in [0.15, 0.2) is 72.8 Å². The molecule has 3 rings (SSSR count). The topological polar surface area (TPSA) is 76.1 Å². The van der Waals surface area contributed by atoms with Gasteiger partial charge in [0.05, 0.1) is 11.6 Å². The fraction of sp³-hybridized carbons (Fsp3) is 0.200. The van der Waals surface area contributed by atoms with Crippen molar-refractivity contribution in [3.63, 3.8) is 0 Å². The summed E-state index contributed by atoms with van der Waals surface area (Å²) in [6.07, 6.45) is 0. The number of carboxylic acids is 1. The molecule has 0 spiro atoms. The number of aromatic carboxylic acids is 1. The predicted molar refractivity (Wildman–Crippen MR) is 122 cm³/mol. The summed E-state index contributed by atoms with van der Waals surface area (Å²) in [5.74, 6) is -0.802. The van der Waals surface area contributed by atoms with Gasteiger partial charge in [0.2, 0.25) is 0 Å². The van der Waals surface area contributed by atoms with Crippen LogP contribution in [0.5, 0.6) is 11.5 Å². The summed E-state index contributed by atoms with van der Waals surface area (Å²) in [5, 5.41) is 9.52. The quantitative estimate of drug-likeness (QED) is 0.465. The second kappa shape index (κ2) is 11.2. The molecule has 0 atom stereocenters. The molecule has 3 aromatic carbocycles. The molecule has 0 aliphatic heterocycles. The number of nitrogens with zero attached hydrogens (tertiary/aromatic N) is 1. The van der Waals surface area contributed by atoms with E-state index in [4.69, 9.17) is 21.1 Å². The van der Waals surface area contributed by atoms with Crippen LogP contribution in [0.4, 0.5) is 0 Å². The molecule has 3 aromatic rings. The molecule has 0 saturated carbocycles. The van der Waals surface area contributed by atoms with Crippen LogP contribution in [0, 0.1) is 0 Å². The normalized spacial score (nSPS) is 10.4. The fourth-order valence-electron chi connectivity index (χ4n) is 3.22. The largest absolute Gasteiger partial charge is 0.494 e. The molecule has 0 heterocycles. The van der Waals surface area contributed by atoms with Gasteiger partial charge in [-0.2, -0.15) is 0 Å². The smallest absolute Gasteiger partial charge is 0.339 e. The summed E-state index contributed by atoms with van der Waals surface area (Å²) in [5.41, 5.74) is 1.72. The highest BCUT2D eigenvalue weighted by molar-refractivity contribution is 6.32. The van der Waals surface area contributed by atoms with E-state index >= 15 is 0 Å². The van der Waals surface area contributed by atoms with Crippen LogP contribution in [-0.4, -0.2) is 35.1 Å². The number of halogens is 1. The molecule has 6 nitrogen and oxygen atoms in total. The van der Waals surface area contributed by atoms with Gasteiger partial charge < -0.3 is 19.5 Å². The first-order valence-electron chi connectivity index (χ1n) is 10.2. The van der Waals surface area contributed by atoms with E-state index in [0.717, 1.165) is 11.1 Å². The average Bonchev–Trinajstić information content (AvgIpc) is 2.79. The lowest BCUT2D eigenvalue weighted by molar-refractivity contribution is -0.134. The summed E-state index contributed by atoms with van der Waals surface area (Å²) in [7, 11) is 0. The van der Waals surface area contributed by atoms with Crippen LogP contribution in [0.3, 0.4) is 0 Å². The molecule has 0 unspecified atom stereocenters. The number of ether oxygens (including phenoxy) is 2. The molecule has 0 fully saturated rings. The van der Waals surface area contributed by atoms with Crippen molar-refractivity contribution in [1.29, 1.82) is 0 Å². The summed E-state index contributed by atoms with van der Waals surface area (Å²) >= 11 is 6.12. The van der Waals surface area contributed by atoms with Crippen molar-refractivity contribution >= 4 is 23.5 Å². The zero-order chi connectivity index (χ0) is 22.9. The van der Waals surface area contributed by atoms with Gasteiger partial charge in [-0.05, 0) is 30.7 Å². The maximum atomic E-state index is 13.2. The minimum atomic E-state index is -1.18. The minimum Gasteiger partial charge on any atom is -0.494 e. The Bertz CT molecular complexity index is 1070. The van der Waals surface area contributed by atoms with E-state index < -0.39 is 5.97 Å². The number of amides is 1. The maximum Gasteiger partial charge on any atom is 0.339 e. The number of rotatable bonds is 10. The van der Waals surface area contributed by atoms with Gasteiger partial charge in [0.25, 0.3) is 5.91 Å². The zero-order valence-corrected chi connectivity index (χ0v) is 18.4. The average molecular weight is 454 g/mol. The molecule has 0 saturated heterocycles. The Morgan fingerprint density at radius 2 is 1.62 bits per heavy atom. The van der Waals surface area contributed by atoms with Gasteiger partial charge >= 0.3 is 5.97 Å². The molecule has 1 amide bonds. The van der Waals surface area contributed by atoms with Gasteiger partial charge in [-0.3, -0.25) is 4.79 Å². The molecule has 32 heavy (non-hydrogen) atoms. The van der Waals surface area contributed by atoms with Gasteiger partial charge in [0.15, 0.2) is 12.4 Å². The zero-order valence-electron chi connectivity index (χ0n) is 17.7. The molecule has 0 aromatic heterocycles. The third-order valence-corrected chi connectivity index (χ3v) is 5.04. The van der Waals surface area contributed by atoms with Gasteiger partial charge in [0.1, 0.15) is 11.3 Å². The number of hydrogen-bond donors (Lipinski definition) is 1. The van der Waals surface area contributed by atoms with Crippen molar-refractivity contribution in [2.24, 2.45) is 0 Å². The van der Waals surface area contributed by atoms with Gasteiger partial charge in [-0.15, -0.1) is 0 Å². The minimum absolute atomic E-state index is 0.0237. The van der Waals surface area contributed by atoms with Crippen molar-refractivity contribution in [3.8, 4) is 11.5 Å². The summed E-state index contributed by atoms with van der Waals surface area (Å²) in [4.78, 5) is 26.3. The number of hydrogen-bond acceptors (Lipinski definition) is 4. The Labute approximate surface area is 192 Å². The Kier molecular flexibility index (Phi) is 8.11. The molecular weight excluding hydrogens is 430 g/mol. The van der Waals surface area contributed by atoms with Crippen LogP contribution >= 0.6 is 11.6 Å². The van der Waals surface area contributed by atoms with Crippen molar-refractivity contribution in [2.45, 2.75) is 20.0 Å². The lowest BCUT2D eigenvalue weighted by atomic mass is 10.1. The van der Waals surface area contributed by atoms with Gasteiger partial charge in [0, 0.05) is 18.7 Å². The first-order valence-corrected chi connectivity index (χ1v) is 10.5. The van der Waals surface area contributed by atoms with E-state index in [0.29, 0.717) is 25.4 Å². The molecule has 0 radical (unpaired) electrons. The molecule has 0 aliphatic rings. The van der Waals surface area contributed by atoms with Crippen LogP contribution in [0.2, 0.25) is 5.02 Å². The molecule has 7 heteroatoms. The molecular formula is C25H24ClNO5. The van der Waals surface area contributed by atoms with E-state index in [-0.39, 0.29) is 28.8 Å². The highest BCUT2D eigenvalue weighted by Gasteiger charge is 2.20. The van der Waals surface area contributed by atoms with Crippen molar-refractivity contribution < 1.29 is 24.2 Å². The highest BCUT2D eigenvalue weighted by atomic mass is 35.5. The molecule has 1 N–H and O–H groups in total. The third-order valence-electron chi connectivity index (χ3n) is 4.74. The number of carboxylic acid groups (broad SMARTS) is 1. The number of benzene rings is 3. The monoisotopic (exact) mass is 453 g/mol. The maximum absolute atomic E-state index is 13.2. The lowest BCUT2D eigenvalue weighted by Crippen LogP contribution is -2.34. The summed E-state index contributed by atoms with van der Waals surface area (Å²) in [6, 6.07) is 21.6. The van der Waals surface area contributed by atoms with E-state index in [1.54, 1.807) is 4.90 Å². The first-order chi connectivity index (χ1) is 15.5. The Morgan fingerprint density at radius 3 is 2.34 bits per heavy atom. The molecule has 166 valence electrons. The SMILES string of the molecule is CCOc1ccccc1CN(Cc1ccccc1)C(=O)COc1c(Cl)cccc1C(=O)O. The van der Waals surface area contributed by atoms with Gasteiger partial charge in [-0.1, -0.05) is 66.2 Å². The van der Waals surface area contributed by atoms with Crippen LogP contribution in [0.1, 0.15) is 28.4 Å². The highest BCUT2D eigenvalue weighted by Crippen LogP contribution is 2.29. The van der Waals surface area contributed by atoms with E-state index in [1.165, 1.54) is 18.2 Å². The van der Waals surface area contributed by atoms with Crippen LogP contribution < -0.4 is 9.47 Å². The van der Waals surface area contributed by atoms with Crippen molar-refractivity contribution in [2.75, 3.05) is 13.2 Å². The second-order valence-electron chi connectivity index (χ2n) is 6.99. The van der Waals surface area contributed by atoms with E-state index in [9.17, 15) is 14.7 Å². The fourth-order valence-corrected chi connectivity index (χ4v) is 3.45. The van der Waals surface area contributed by atoms with Crippen molar-refractivity contribution in [1.82, 2.24) is 4.90 Å². The number of carbonyl (C=O) groups is 2. The van der Waals surface area contributed by atoms with E-state index in [1.807, 2.05) is 61.5 Å².